The summed E-state index contributed by atoms with van der Waals surface area (Å²) in [5.74, 6) is -1.64. The minimum Gasteiger partial charge on any atom is -0.380 e. The second-order valence-corrected chi connectivity index (χ2v) is 5.01. The second-order valence-electron chi connectivity index (χ2n) is 5.01. The highest BCUT2D eigenvalue weighted by Gasteiger charge is 2.16. The number of nitrogens with one attached hydrogen (secondary N) is 2. The molecule has 2 aromatic rings. The molecule has 104 valence electrons. The van der Waals surface area contributed by atoms with Crippen molar-refractivity contribution in [3.63, 3.8) is 0 Å². The Morgan fingerprint density at radius 2 is 1.90 bits per heavy atom. The summed E-state index contributed by atoms with van der Waals surface area (Å²) in [7, 11) is 0. The molecule has 20 heavy (non-hydrogen) atoms. The van der Waals surface area contributed by atoms with Crippen molar-refractivity contribution in [3.8, 4) is 11.1 Å². The number of hydrogen-bond acceptors (Lipinski definition) is 2. The van der Waals surface area contributed by atoms with Crippen LogP contribution >= 0.6 is 0 Å². The molecule has 1 unspecified atom stereocenters. The molecule has 0 saturated carbocycles. The molecule has 0 amide bonds. The monoisotopic (exact) mass is 274 g/mol. The molecule has 1 atom stereocenters. The first kappa shape index (κ1) is 13.1. The lowest BCUT2D eigenvalue weighted by Gasteiger charge is -2.17. The number of rotatable bonds is 3. The van der Waals surface area contributed by atoms with E-state index in [2.05, 4.69) is 10.6 Å². The van der Waals surface area contributed by atoms with E-state index in [-0.39, 0.29) is 0 Å². The maximum absolute atomic E-state index is 13.4. The molecule has 1 fully saturated rings. The summed E-state index contributed by atoms with van der Waals surface area (Å²) < 4.78 is 26.4. The van der Waals surface area contributed by atoms with E-state index in [1.165, 1.54) is 12.1 Å². The Hall–Kier alpha value is -1.94. The quantitative estimate of drug-likeness (QED) is 0.896. The van der Waals surface area contributed by atoms with Crippen LogP contribution in [-0.4, -0.2) is 19.1 Å². The number of benzene rings is 2. The van der Waals surface area contributed by atoms with Crippen LogP contribution in [0.5, 0.6) is 0 Å². The van der Waals surface area contributed by atoms with Gasteiger partial charge in [0, 0.05) is 23.8 Å². The lowest BCUT2D eigenvalue weighted by Crippen LogP contribution is -2.22. The maximum atomic E-state index is 13.4. The van der Waals surface area contributed by atoms with Gasteiger partial charge in [0.05, 0.1) is 0 Å². The summed E-state index contributed by atoms with van der Waals surface area (Å²) in [6.07, 6.45) is 1.06. The van der Waals surface area contributed by atoms with Gasteiger partial charge in [-0.15, -0.1) is 0 Å². The SMILES string of the molecule is Fc1ccc(-c2ccccc2NC2CCNC2)cc1F. The zero-order chi connectivity index (χ0) is 13.9. The topological polar surface area (TPSA) is 24.1 Å². The molecule has 2 N–H and O–H groups in total. The van der Waals surface area contributed by atoms with Gasteiger partial charge in [0.1, 0.15) is 0 Å². The lowest BCUT2D eigenvalue weighted by atomic mass is 10.0. The highest BCUT2D eigenvalue weighted by molar-refractivity contribution is 5.78. The zero-order valence-corrected chi connectivity index (χ0v) is 11.0. The van der Waals surface area contributed by atoms with E-state index >= 15 is 0 Å². The van der Waals surface area contributed by atoms with Gasteiger partial charge < -0.3 is 10.6 Å². The van der Waals surface area contributed by atoms with Crippen molar-refractivity contribution in [2.24, 2.45) is 0 Å². The average molecular weight is 274 g/mol. The highest BCUT2D eigenvalue weighted by atomic mass is 19.2. The molecular weight excluding hydrogens is 258 g/mol. The first-order valence-corrected chi connectivity index (χ1v) is 6.76. The summed E-state index contributed by atoms with van der Waals surface area (Å²) in [4.78, 5) is 0. The van der Waals surface area contributed by atoms with Gasteiger partial charge in [-0.2, -0.15) is 0 Å². The summed E-state index contributed by atoms with van der Waals surface area (Å²) in [5, 5.41) is 6.76. The minimum atomic E-state index is -0.820. The summed E-state index contributed by atoms with van der Waals surface area (Å²) in [6, 6.07) is 12.1. The fraction of sp³-hybridized carbons (Fsp3) is 0.250. The number of anilines is 1. The van der Waals surface area contributed by atoms with E-state index in [0.29, 0.717) is 11.6 Å². The van der Waals surface area contributed by atoms with Crippen molar-refractivity contribution in [1.82, 2.24) is 5.32 Å². The van der Waals surface area contributed by atoms with Crippen LogP contribution in [0.4, 0.5) is 14.5 Å². The molecule has 1 saturated heterocycles. The highest BCUT2D eigenvalue weighted by Crippen LogP contribution is 2.29. The second kappa shape index (κ2) is 5.59. The standard InChI is InChI=1S/C16H16F2N2/c17-14-6-5-11(9-15(14)18)13-3-1-2-4-16(13)20-12-7-8-19-10-12/h1-6,9,12,19-20H,7-8,10H2. The maximum Gasteiger partial charge on any atom is 0.159 e. The van der Waals surface area contributed by atoms with Crippen molar-refractivity contribution in [2.75, 3.05) is 18.4 Å². The van der Waals surface area contributed by atoms with E-state index in [1.807, 2.05) is 24.3 Å². The largest absolute Gasteiger partial charge is 0.380 e. The zero-order valence-electron chi connectivity index (χ0n) is 11.0. The Labute approximate surface area is 116 Å². The molecule has 1 aliphatic rings. The van der Waals surface area contributed by atoms with Crippen molar-refractivity contribution >= 4 is 5.69 Å². The average Bonchev–Trinajstić information content (AvgIpc) is 2.96. The van der Waals surface area contributed by atoms with Crippen LogP contribution in [-0.2, 0) is 0 Å². The van der Waals surface area contributed by atoms with Crippen LogP contribution in [0, 0.1) is 11.6 Å². The first-order chi connectivity index (χ1) is 9.74. The third-order valence-corrected chi connectivity index (χ3v) is 3.58. The Morgan fingerprint density at radius 1 is 1.05 bits per heavy atom. The normalized spacial score (nSPS) is 18.2. The number of halogens is 2. The molecule has 0 bridgehead atoms. The molecule has 0 aliphatic carbocycles. The van der Waals surface area contributed by atoms with Crippen LogP contribution < -0.4 is 10.6 Å². The number of para-hydroxylation sites is 1. The van der Waals surface area contributed by atoms with Gasteiger partial charge >= 0.3 is 0 Å². The van der Waals surface area contributed by atoms with Crippen LogP contribution in [0.2, 0.25) is 0 Å². The predicted octanol–water partition coefficient (Wildman–Crippen LogP) is 3.41. The van der Waals surface area contributed by atoms with Gasteiger partial charge in [0.15, 0.2) is 11.6 Å². The fourth-order valence-corrected chi connectivity index (χ4v) is 2.52. The Morgan fingerprint density at radius 3 is 2.65 bits per heavy atom. The summed E-state index contributed by atoms with van der Waals surface area (Å²) in [6.45, 7) is 1.93. The van der Waals surface area contributed by atoms with Crippen molar-refractivity contribution in [3.05, 3.63) is 54.1 Å². The van der Waals surface area contributed by atoms with E-state index in [4.69, 9.17) is 0 Å². The molecule has 3 rings (SSSR count). The van der Waals surface area contributed by atoms with Crippen LogP contribution in [0.1, 0.15) is 6.42 Å². The van der Waals surface area contributed by atoms with Crippen LogP contribution in [0.25, 0.3) is 11.1 Å². The smallest absolute Gasteiger partial charge is 0.159 e. The Bertz CT molecular complexity index is 607. The minimum absolute atomic E-state index is 0.376. The van der Waals surface area contributed by atoms with Gasteiger partial charge in [0.2, 0.25) is 0 Å². The molecule has 1 aliphatic heterocycles. The van der Waals surface area contributed by atoms with Gasteiger partial charge in [-0.25, -0.2) is 8.78 Å². The van der Waals surface area contributed by atoms with Gasteiger partial charge in [0.25, 0.3) is 0 Å². The van der Waals surface area contributed by atoms with Gasteiger partial charge in [-0.3, -0.25) is 0 Å². The van der Waals surface area contributed by atoms with Crippen molar-refractivity contribution in [1.29, 1.82) is 0 Å². The van der Waals surface area contributed by atoms with Gasteiger partial charge in [-0.1, -0.05) is 24.3 Å². The molecule has 2 nitrogen and oxygen atoms in total. The first-order valence-electron chi connectivity index (χ1n) is 6.76. The van der Waals surface area contributed by atoms with Gasteiger partial charge in [-0.05, 0) is 36.7 Å². The molecule has 2 aromatic carbocycles. The van der Waals surface area contributed by atoms with Crippen LogP contribution in [0.15, 0.2) is 42.5 Å². The third kappa shape index (κ3) is 2.65. The van der Waals surface area contributed by atoms with E-state index in [9.17, 15) is 8.78 Å². The molecule has 0 radical (unpaired) electrons. The van der Waals surface area contributed by atoms with E-state index in [1.54, 1.807) is 6.07 Å². The molecular formula is C16H16F2N2. The van der Waals surface area contributed by atoms with Crippen LogP contribution in [0.3, 0.4) is 0 Å². The summed E-state index contributed by atoms with van der Waals surface area (Å²) in [5.41, 5.74) is 2.52. The molecule has 0 spiro atoms. The molecule has 4 heteroatoms. The molecule has 0 aromatic heterocycles. The third-order valence-electron chi connectivity index (χ3n) is 3.58. The number of hydrogen-bond donors (Lipinski definition) is 2. The van der Waals surface area contributed by atoms with Crippen molar-refractivity contribution in [2.45, 2.75) is 12.5 Å². The summed E-state index contributed by atoms with van der Waals surface area (Å²) >= 11 is 0. The lowest BCUT2D eigenvalue weighted by molar-refractivity contribution is 0.509. The van der Waals surface area contributed by atoms with E-state index < -0.39 is 11.6 Å². The fourth-order valence-electron chi connectivity index (χ4n) is 2.52. The predicted molar refractivity (Wildman–Crippen MR) is 76.7 cm³/mol. The Kier molecular flexibility index (Phi) is 3.65. The van der Waals surface area contributed by atoms with Crippen molar-refractivity contribution < 1.29 is 8.78 Å². The van der Waals surface area contributed by atoms with E-state index in [0.717, 1.165) is 30.8 Å². The Balaban J connectivity index is 1.93. The molecule has 1 heterocycles.